The molecule has 1 heterocycles. The number of benzene rings is 1. The Morgan fingerprint density at radius 3 is 2.60 bits per heavy atom. The molecule has 0 saturated carbocycles. The van der Waals surface area contributed by atoms with Gasteiger partial charge in [-0.1, -0.05) is 0 Å². The largest absolute Gasteiger partial charge is 0.497 e. The third-order valence-corrected chi connectivity index (χ3v) is 3.70. The van der Waals surface area contributed by atoms with Crippen LogP contribution in [0.15, 0.2) is 24.3 Å². The maximum atomic E-state index is 12.0. The Labute approximate surface area is 120 Å². The Bertz CT molecular complexity index is 427. The lowest BCUT2D eigenvalue weighted by Gasteiger charge is -2.31. The fourth-order valence-electron chi connectivity index (χ4n) is 2.48. The average molecular weight is 277 g/mol. The van der Waals surface area contributed by atoms with Gasteiger partial charge in [0.25, 0.3) is 0 Å². The zero-order valence-electron chi connectivity index (χ0n) is 12.2. The highest BCUT2D eigenvalue weighted by atomic mass is 16.5. The van der Waals surface area contributed by atoms with E-state index < -0.39 is 0 Å². The number of amides is 1. The molecule has 0 radical (unpaired) electrons. The Morgan fingerprint density at radius 1 is 1.35 bits per heavy atom. The number of ether oxygens (including phenoxy) is 1. The summed E-state index contributed by atoms with van der Waals surface area (Å²) in [6.45, 7) is 2.50. The van der Waals surface area contributed by atoms with E-state index in [1.165, 1.54) is 0 Å². The molecule has 1 aromatic carbocycles. The van der Waals surface area contributed by atoms with Crippen LogP contribution in [-0.4, -0.2) is 50.6 Å². The minimum atomic E-state index is 0.0243. The molecule has 0 aliphatic carbocycles. The van der Waals surface area contributed by atoms with Crippen LogP contribution in [0.25, 0.3) is 0 Å². The smallest absolute Gasteiger partial charge is 0.238 e. The summed E-state index contributed by atoms with van der Waals surface area (Å²) in [5, 5.41) is 6.25. The molecule has 0 spiro atoms. The molecule has 0 aromatic heterocycles. The molecule has 1 saturated heterocycles. The molecule has 5 nitrogen and oxygen atoms in total. The number of carbonyl (C=O) groups is 1. The van der Waals surface area contributed by atoms with E-state index in [4.69, 9.17) is 4.74 Å². The van der Waals surface area contributed by atoms with Gasteiger partial charge in [0.05, 0.1) is 13.7 Å². The molecule has 110 valence electrons. The first kappa shape index (κ1) is 14.8. The maximum Gasteiger partial charge on any atom is 0.238 e. The number of hydrogen-bond acceptors (Lipinski definition) is 4. The lowest BCUT2D eigenvalue weighted by Crippen LogP contribution is -2.44. The van der Waals surface area contributed by atoms with Crippen molar-refractivity contribution in [3.63, 3.8) is 0 Å². The van der Waals surface area contributed by atoms with Crippen LogP contribution in [0.1, 0.15) is 12.8 Å². The van der Waals surface area contributed by atoms with Gasteiger partial charge in [-0.15, -0.1) is 0 Å². The number of piperidine rings is 1. The van der Waals surface area contributed by atoms with Crippen molar-refractivity contribution in [2.24, 2.45) is 0 Å². The summed E-state index contributed by atoms with van der Waals surface area (Å²) in [7, 11) is 3.64. The summed E-state index contributed by atoms with van der Waals surface area (Å²) < 4.78 is 5.09. The molecule has 20 heavy (non-hydrogen) atoms. The van der Waals surface area contributed by atoms with Crippen LogP contribution < -0.4 is 15.4 Å². The van der Waals surface area contributed by atoms with Crippen molar-refractivity contribution in [3.05, 3.63) is 24.3 Å². The molecule has 2 rings (SSSR count). The summed E-state index contributed by atoms with van der Waals surface area (Å²) in [4.78, 5) is 14.2. The number of hydrogen-bond donors (Lipinski definition) is 2. The van der Waals surface area contributed by atoms with Crippen molar-refractivity contribution in [1.82, 2.24) is 10.2 Å². The number of nitrogens with one attached hydrogen (secondary N) is 2. The van der Waals surface area contributed by atoms with Gasteiger partial charge in [-0.3, -0.25) is 9.69 Å². The third kappa shape index (κ3) is 4.21. The second-order valence-corrected chi connectivity index (χ2v) is 5.17. The van der Waals surface area contributed by atoms with E-state index in [2.05, 4.69) is 15.5 Å². The minimum Gasteiger partial charge on any atom is -0.497 e. The van der Waals surface area contributed by atoms with Gasteiger partial charge in [-0.2, -0.15) is 0 Å². The van der Waals surface area contributed by atoms with Crippen LogP contribution in [0.4, 0.5) is 5.69 Å². The fourth-order valence-corrected chi connectivity index (χ4v) is 2.48. The van der Waals surface area contributed by atoms with Crippen molar-refractivity contribution in [1.29, 1.82) is 0 Å². The van der Waals surface area contributed by atoms with Gasteiger partial charge in [-0.25, -0.2) is 0 Å². The highest BCUT2D eigenvalue weighted by Gasteiger charge is 2.19. The molecule has 1 fully saturated rings. The van der Waals surface area contributed by atoms with E-state index >= 15 is 0 Å². The Kier molecular flexibility index (Phi) is 5.38. The number of methoxy groups -OCH3 is 1. The number of rotatable bonds is 5. The van der Waals surface area contributed by atoms with Crippen LogP contribution in [0.3, 0.4) is 0 Å². The highest BCUT2D eigenvalue weighted by molar-refractivity contribution is 5.92. The fraction of sp³-hybridized carbons (Fsp3) is 0.533. The molecule has 1 aliphatic rings. The molecular formula is C15H23N3O2. The average Bonchev–Trinajstić information content (AvgIpc) is 2.49. The predicted molar refractivity (Wildman–Crippen MR) is 80.1 cm³/mol. The lowest BCUT2D eigenvalue weighted by molar-refractivity contribution is -0.117. The molecule has 1 amide bonds. The molecule has 0 unspecified atom stereocenters. The van der Waals surface area contributed by atoms with Gasteiger partial charge >= 0.3 is 0 Å². The number of nitrogens with zero attached hydrogens (tertiary/aromatic N) is 1. The minimum absolute atomic E-state index is 0.0243. The first-order valence-electron chi connectivity index (χ1n) is 7.04. The first-order valence-corrected chi connectivity index (χ1v) is 7.04. The molecular weight excluding hydrogens is 254 g/mol. The summed E-state index contributed by atoms with van der Waals surface area (Å²) in [5.41, 5.74) is 0.800. The Morgan fingerprint density at radius 2 is 2.00 bits per heavy atom. The molecule has 0 atom stereocenters. The number of likely N-dealkylation sites (N-methyl/N-ethyl adjacent to an activating group) is 1. The van der Waals surface area contributed by atoms with Gasteiger partial charge in [0, 0.05) is 11.7 Å². The summed E-state index contributed by atoms with van der Waals surface area (Å²) >= 11 is 0. The Hall–Kier alpha value is -1.59. The van der Waals surface area contributed by atoms with Crippen LogP contribution in [0, 0.1) is 0 Å². The van der Waals surface area contributed by atoms with Crippen molar-refractivity contribution in [2.75, 3.05) is 39.1 Å². The van der Waals surface area contributed by atoms with Crippen LogP contribution in [-0.2, 0) is 4.79 Å². The van der Waals surface area contributed by atoms with Gasteiger partial charge in [-0.05, 0) is 57.2 Å². The second kappa shape index (κ2) is 7.26. The quantitative estimate of drug-likeness (QED) is 0.852. The number of carbonyl (C=O) groups excluding carboxylic acids is 1. The van der Waals surface area contributed by atoms with E-state index in [9.17, 15) is 4.79 Å². The van der Waals surface area contributed by atoms with E-state index in [1.807, 2.05) is 31.3 Å². The topological polar surface area (TPSA) is 53.6 Å². The number of anilines is 1. The first-order chi connectivity index (χ1) is 9.69. The summed E-state index contributed by atoms with van der Waals surface area (Å²) in [6.07, 6.45) is 2.21. The van der Waals surface area contributed by atoms with Crippen molar-refractivity contribution in [2.45, 2.75) is 18.9 Å². The van der Waals surface area contributed by atoms with Crippen molar-refractivity contribution >= 4 is 11.6 Å². The van der Waals surface area contributed by atoms with Crippen LogP contribution in [0.5, 0.6) is 5.75 Å². The molecule has 1 aliphatic heterocycles. The normalized spacial score (nSPS) is 16.1. The van der Waals surface area contributed by atoms with E-state index in [1.54, 1.807) is 7.11 Å². The van der Waals surface area contributed by atoms with Crippen LogP contribution in [0.2, 0.25) is 0 Å². The van der Waals surface area contributed by atoms with Gasteiger partial charge in [0.2, 0.25) is 5.91 Å². The van der Waals surface area contributed by atoms with E-state index in [0.29, 0.717) is 12.6 Å². The standard InChI is InChI=1S/C15H23N3O2/c1-18(13-7-9-16-10-8-13)11-15(19)17-12-3-5-14(20-2)6-4-12/h3-6,13,16H,7-11H2,1-2H3,(H,17,19). The lowest BCUT2D eigenvalue weighted by atomic mass is 10.1. The molecule has 0 bridgehead atoms. The van der Waals surface area contributed by atoms with Gasteiger partial charge in [0.1, 0.15) is 5.75 Å². The predicted octanol–water partition coefficient (Wildman–Crippen LogP) is 1.32. The highest BCUT2D eigenvalue weighted by Crippen LogP contribution is 2.15. The second-order valence-electron chi connectivity index (χ2n) is 5.17. The SMILES string of the molecule is COc1ccc(NC(=O)CN(C)C2CCNCC2)cc1. The zero-order valence-corrected chi connectivity index (χ0v) is 12.2. The van der Waals surface area contributed by atoms with Crippen LogP contribution >= 0.6 is 0 Å². The van der Waals surface area contributed by atoms with Crippen molar-refractivity contribution in [3.8, 4) is 5.75 Å². The Balaban J connectivity index is 1.81. The molecule has 5 heteroatoms. The monoisotopic (exact) mass is 277 g/mol. The van der Waals surface area contributed by atoms with Gasteiger partial charge in [0.15, 0.2) is 0 Å². The zero-order chi connectivity index (χ0) is 14.4. The third-order valence-electron chi connectivity index (χ3n) is 3.70. The maximum absolute atomic E-state index is 12.0. The summed E-state index contributed by atoms with van der Waals surface area (Å²) in [6, 6.07) is 7.87. The summed E-state index contributed by atoms with van der Waals surface area (Å²) in [5.74, 6) is 0.811. The van der Waals surface area contributed by atoms with E-state index in [-0.39, 0.29) is 5.91 Å². The van der Waals surface area contributed by atoms with Crippen molar-refractivity contribution < 1.29 is 9.53 Å². The molecule has 1 aromatic rings. The molecule has 2 N–H and O–H groups in total. The van der Waals surface area contributed by atoms with Gasteiger partial charge < -0.3 is 15.4 Å². The van der Waals surface area contributed by atoms with E-state index in [0.717, 1.165) is 37.4 Å².